The minimum absolute atomic E-state index is 0.0231. The van der Waals surface area contributed by atoms with Crippen molar-refractivity contribution >= 4 is 16.5 Å². The highest BCUT2D eigenvalue weighted by Gasteiger charge is 2.32. The van der Waals surface area contributed by atoms with Gasteiger partial charge in [0.2, 0.25) is 5.54 Å². The van der Waals surface area contributed by atoms with E-state index >= 15 is 0 Å². The second-order valence-electron chi connectivity index (χ2n) is 5.13. The van der Waals surface area contributed by atoms with Gasteiger partial charge in [-0.05, 0) is 6.07 Å². The summed E-state index contributed by atoms with van der Waals surface area (Å²) in [7, 11) is 0. The summed E-state index contributed by atoms with van der Waals surface area (Å²) < 4.78 is 0. The van der Waals surface area contributed by atoms with Crippen LogP contribution in [0.15, 0.2) is 30.5 Å². The van der Waals surface area contributed by atoms with Gasteiger partial charge in [-0.1, -0.05) is 12.1 Å². The lowest BCUT2D eigenvalue weighted by Gasteiger charge is -2.15. The molecule has 20 heavy (non-hydrogen) atoms. The molecule has 0 aliphatic carbocycles. The topological polar surface area (TPSA) is 99.2 Å². The molecule has 0 N–H and O–H groups in total. The fourth-order valence-corrected chi connectivity index (χ4v) is 2.03. The Labute approximate surface area is 114 Å². The molecule has 0 amide bonds. The van der Waals surface area contributed by atoms with Crippen molar-refractivity contribution in [2.45, 2.75) is 25.8 Å². The number of pyridine rings is 1. The first-order valence-electron chi connectivity index (χ1n) is 5.98. The molecule has 0 radical (unpaired) electrons. The molecule has 0 aliphatic rings. The lowest BCUT2D eigenvalue weighted by atomic mass is 9.96. The molecule has 1 aromatic heterocycles. The Morgan fingerprint density at radius 1 is 1.15 bits per heavy atom. The van der Waals surface area contributed by atoms with Gasteiger partial charge in [-0.3, -0.25) is 25.2 Å². The van der Waals surface area contributed by atoms with Crippen molar-refractivity contribution in [1.29, 1.82) is 0 Å². The zero-order chi connectivity index (χ0) is 14.9. The number of non-ortho nitro benzene ring substituents is 1. The van der Waals surface area contributed by atoms with Crippen LogP contribution in [0.1, 0.15) is 19.5 Å². The van der Waals surface area contributed by atoms with Crippen LogP contribution in [-0.2, 0) is 6.42 Å². The Hall–Kier alpha value is -2.57. The smallest absolute Gasteiger partial charge is 0.264 e. The van der Waals surface area contributed by atoms with Crippen molar-refractivity contribution in [2.75, 3.05) is 0 Å². The highest BCUT2D eigenvalue weighted by molar-refractivity contribution is 5.92. The zero-order valence-corrected chi connectivity index (χ0v) is 11.1. The van der Waals surface area contributed by atoms with Crippen LogP contribution in [0.2, 0.25) is 0 Å². The van der Waals surface area contributed by atoms with Gasteiger partial charge >= 0.3 is 0 Å². The first kappa shape index (κ1) is 13.9. The number of hydrogen-bond acceptors (Lipinski definition) is 5. The summed E-state index contributed by atoms with van der Waals surface area (Å²) in [6.45, 7) is 3.01. The van der Waals surface area contributed by atoms with Crippen molar-refractivity contribution < 1.29 is 9.85 Å². The Balaban J connectivity index is 2.59. The van der Waals surface area contributed by atoms with E-state index in [-0.39, 0.29) is 17.0 Å². The predicted octanol–water partition coefficient (Wildman–Crippen LogP) is 2.74. The van der Waals surface area contributed by atoms with Gasteiger partial charge in [0, 0.05) is 36.4 Å². The fourth-order valence-electron chi connectivity index (χ4n) is 2.03. The average molecular weight is 275 g/mol. The quantitative estimate of drug-likeness (QED) is 0.631. The average Bonchev–Trinajstić information content (AvgIpc) is 2.37. The second kappa shape index (κ2) is 4.84. The summed E-state index contributed by atoms with van der Waals surface area (Å²) in [6.07, 6.45) is 1.55. The van der Waals surface area contributed by atoms with E-state index in [1.165, 1.54) is 26.1 Å². The third-order valence-electron chi connectivity index (χ3n) is 3.16. The molecule has 0 bridgehead atoms. The molecule has 0 aliphatic heterocycles. The minimum Gasteiger partial charge on any atom is -0.264 e. The number of fused-ring (bicyclic) bond motifs is 1. The lowest BCUT2D eigenvalue weighted by molar-refractivity contribution is -0.560. The minimum atomic E-state index is -1.17. The largest absolute Gasteiger partial charge is 0.277 e. The molecule has 0 saturated heterocycles. The van der Waals surface area contributed by atoms with Gasteiger partial charge in [0.05, 0.1) is 22.4 Å². The molecule has 104 valence electrons. The Kier molecular flexibility index (Phi) is 3.35. The number of rotatable bonds is 4. The number of nitro groups is 2. The van der Waals surface area contributed by atoms with E-state index in [1.807, 2.05) is 0 Å². The van der Waals surface area contributed by atoms with Crippen LogP contribution in [0.3, 0.4) is 0 Å². The maximum atomic E-state index is 11.0. The summed E-state index contributed by atoms with van der Waals surface area (Å²) >= 11 is 0. The van der Waals surface area contributed by atoms with E-state index < -0.39 is 10.5 Å². The second-order valence-corrected chi connectivity index (χ2v) is 5.13. The molecule has 1 heterocycles. The third-order valence-corrected chi connectivity index (χ3v) is 3.16. The van der Waals surface area contributed by atoms with Crippen LogP contribution in [0, 0.1) is 20.2 Å². The van der Waals surface area contributed by atoms with Crippen molar-refractivity contribution in [3.05, 3.63) is 56.4 Å². The highest BCUT2D eigenvalue weighted by Crippen LogP contribution is 2.28. The molecule has 0 saturated carbocycles. The van der Waals surface area contributed by atoms with Gasteiger partial charge in [0.15, 0.2) is 0 Å². The molecule has 2 aromatic rings. The number of nitro benzene ring substituents is 1. The van der Waals surface area contributed by atoms with E-state index in [9.17, 15) is 20.2 Å². The SMILES string of the molecule is CC(C)(Cc1nccc2c([N+](=O)[O-])cccc12)[N+](=O)[O-]. The summed E-state index contributed by atoms with van der Waals surface area (Å²) in [6, 6.07) is 6.21. The molecule has 0 fully saturated rings. The molecule has 7 heteroatoms. The summed E-state index contributed by atoms with van der Waals surface area (Å²) in [5, 5.41) is 23.0. The van der Waals surface area contributed by atoms with E-state index in [4.69, 9.17) is 0 Å². The van der Waals surface area contributed by atoms with Crippen molar-refractivity contribution in [3.63, 3.8) is 0 Å². The molecular weight excluding hydrogens is 262 g/mol. The van der Waals surface area contributed by atoms with Crippen LogP contribution in [0.25, 0.3) is 10.8 Å². The van der Waals surface area contributed by atoms with E-state index in [0.717, 1.165) is 0 Å². The lowest BCUT2D eigenvalue weighted by Crippen LogP contribution is -2.33. The molecular formula is C13H13N3O4. The molecule has 7 nitrogen and oxygen atoms in total. The number of nitrogens with zero attached hydrogens (tertiary/aromatic N) is 3. The van der Waals surface area contributed by atoms with E-state index in [2.05, 4.69) is 4.98 Å². The summed E-state index contributed by atoms with van der Waals surface area (Å²) in [5.74, 6) is 0. The standard InChI is InChI=1S/C13H13N3O4/c1-13(2,16(19)20)8-11-9-4-3-5-12(15(17)18)10(9)6-7-14-11/h3-7H,8H2,1-2H3. The van der Waals surface area contributed by atoms with Crippen LogP contribution in [-0.4, -0.2) is 20.4 Å². The van der Waals surface area contributed by atoms with Gasteiger partial charge < -0.3 is 0 Å². The zero-order valence-electron chi connectivity index (χ0n) is 11.1. The fraction of sp³-hybridized carbons (Fsp3) is 0.308. The Morgan fingerprint density at radius 3 is 2.45 bits per heavy atom. The maximum absolute atomic E-state index is 11.0. The van der Waals surface area contributed by atoms with Gasteiger partial charge in [-0.15, -0.1) is 0 Å². The monoisotopic (exact) mass is 275 g/mol. The molecule has 1 aromatic carbocycles. The van der Waals surface area contributed by atoms with Gasteiger partial charge in [0.25, 0.3) is 5.69 Å². The van der Waals surface area contributed by atoms with Gasteiger partial charge in [-0.25, -0.2) is 0 Å². The van der Waals surface area contributed by atoms with E-state index in [0.29, 0.717) is 16.5 Å². The molecule has 0 spiro atoms. The Bertz CT molecular complexity index is 697. The molecule has 0 atom stereocenters. The van der Waals surface area contributed by atoms with E-state index in [1.54, 1.807) is 18.2 Å². The normalized spacial score (nSPS) is 11.5. The Morgan fingerprint density at radius 2 is 1.85 bits per heavy atom. The van der Waals surface area contributed by atoms with Crippen LogP contribution in [0.5, 0.6) is 0 Å². The number of benzene rings is 1. The third kappa shape index (κ3) is 2.42. The highest BCUT2D eigenvalue weighted by atomic mass is 16.6. The number of hydrogen-bond donors (Lipinski definition) is 0. The predicted molar refractivity (Wildman–Crippen MR) is 73.2 cm³/mol. The van der Waals surface area contributed by atoms with Gasteiger partial charge in [-0.2, -0.15) is 0 Å². The summed E-state index contributed by atoms with van der Waals surface area (Å²) in [5.41, 5.74) is -0.704. The van der Waals surface area contributed by atoms with Crippen LogP contribution < -0.4 is 0 Å². The van der Waals surface area contributed by atoms with Crippen LogP contribution in [0.4, 0.5) is 5.69 Å². The van der Waals surface area contributed by atoms with Crippen LogP contribution >= 0.6 is 0 Å². The first-order valence-corrected chi connectivity index (χ1v) is 5.98. The summed E-state index contributed by atoms with van der Waals surface area (Å²) in [4.78, 5) is 25.3. The van der Waals surface area contributed by atoms with Crippen molar-refractivity contribution in [1.82, 2.24) is 4.98 Å². The first-order chi connectivity index (χ1) is 9.33. The maximum Gasteiger partial charge on any atom is 0.277 e. The molecule has 0 unspecified atom stereocenters. The van der Waals surface area contributed by atoms with Gasteiger partial charge in [0.1, 0.15) is 0 Å². The molecule has 2 rings (SSSR count). The van der Waals surface area contributed by atoms with Crippen molar-refractivity contribution in [2.24, 2.45) is 0 Å². The van der Waals surface area contributed by atoms with Crippen molar-refractivity contribution in [3.8, 4) is 0 Å². The number of aromatic nitrogens is 1.